The number of amidine groups is 2. The van der Waals surface area contributed by atoms with Crippen LogP contribution in [-0.2, 0) is 0 Å². The van der Waals surface area contributed by atoms with Crippen molar-refractivity contribution in [3.05, 3.63) is 118 Å². The predicted molar refractivity (Wildman–Crippen MR) is 171 cm³/mol. The van der Waals surface area contributed by atoms with E-state index >= 15 is 0 Å². The van der Waals surface area contributed by atoms with Crippen molar-refractivity contribution in [3.8, 4) is 17.2 Å². The summed E-state index contributed by atoms with van der Waals surface area (Å²) in [4.78, 5) is 12.6. The van der Waals surface area contributed by atoms with E-state index < -0.39 is 0 Å². The number of aliphatic imine (C=N–C) groups is 2. The van der Waals surface area contributed by atoms with E-state index in [2.05, 4.69) is 57.3 Å². The average molecular weight is 620 g/mol. The van der Waals surface area contributed by atoms with E-state index in [0.29, 0.717) is 23.2 Å². The highest BCUT2D eigenvalue weighted by Gasteiger charge is 2.41. The zero-order valence-corrected chi connectivity index (χ0v) is 24.8. The molecule has 0 unspecified atom stereocenters. The number of fused-ring (bicyclic) bond motifs is 4. The highest BCUT2D eigenvalue weighted by atomic mass is 79.9. The Labute approximate surface area is 252 Å². The molecule has 0 bridgehead atoms. The maximum atomic E-state index is 5.70. The van der Waals surface area contributed by atoms with Crippen LogP contribution in [0.15, 0.2) is 112 Å². The van der Waals surface area contributed by atoms with Gasteiger partial charge in [0.05, 0.1) is 48.7 Å². The molecular weight excluding hydrogens is 592 g/mol. The fourth-order valence-electron chi connectivity index (χ4n) is 5.57. The van der Waals surface area contributed by atoms with Gasteiger partial charge in [0.15, 0.2) is 17.5 Å². The number of nitrogens with one attached hydrogen (secondary N) is 1. The lowest BCUT2D eigenvalue weighted by atomic mass is 9.93. The van der Waals surface area contributed by atoms with Gasteiger partial charge in [-0.3, -0.25) is 0 Å². The van der Waals surface area contributed by atoms with Crippen LogP contribution in [0.2, 0.25) is 0 Å². The Kier molecular flexibility index (Phi) is 6.51. The average Bonchev–Trinajstić information content (AvgIpc) is 3.36. The lowest BCUT2D eigenvalue weighted by Gasteiger charge is -2.40. The fraction of sp³-hybridized carbons (Fsp3) is 0.121. The first-order valence-electron chi connectivity index (χ1n) is 13.5. The second kappa shape index (κ2) is 10.5. The third-order valence-electron chi connectivity index (χ3n) is 7.47. The first-order chi connectivity index (χ1) is 20.6. The Morgan fingerprint density at radius 3 is 2.43 bits per heavy atom. The number of anilines is 2. The summed E-state index contributed by atoms with van der Waals surface area (Å²) in [6, 6.07) is 32.1. The summed E-state index contributed by atoms with van der Waals surface area (Å²) in [7, 11) is 3.27. The number of methoxy groups -OCH3 is 2. The predicted octanol–water partition coefficient (Wildman–Crippen LogP) is 7.76. The molecule has 208 valence electrons. The number of rotatable bonds is 5. The fourth-order valence-corrected chi connectivity index (χ4v) is 5.99. The Hall–Kier alpha value is -4.89. The Balaban J connectivity index is 1.48. The summed E-state index contributed by atoms with van der Waals surface area (Å²) in [5.41, 5.74) is 6.54. The Morgan fingerprint density at radius 2 is 1.64 bits per heavy atom. The van der Waals surface area contributed by atoms with E-state index in [4.69, 9.17) is 24.6 Å². The van der Waals surface area contributed by atoms with Crippen LogP contribution in [-0.4, -0.2) is 35.7 Å². The van der Waals surface area contributed by atoms with Gasteiger partial charge in [0.2, 0.25) is 0 Å². The number of para-hydroxylation sites is 3. The summed E-state index contributed by atoms with van der Waals surface area (Å²) in [6.45, 7) is 2.05. The van der Waals surface area contributed by atoms with Crippen molar-refractivity contribution in [2.45, 2.75) is 13.0 Å². The normalized spacial score (nSPS) is 15.1. The van der Waals surface area contributed by atoms with Crippen molar-refractivity contribution in [1.82, 2.24) is 9.78 Å². The molecule has 5 aromatic rings. The number of hydrogen-bond acceptors (Lipinski definition) is 7. The van der Waals surface area contributed by atoms with Crippen LogP contribution in [0.3, 0.4) is 0 Å². The van der Waals surface area contributed by atoms with E-state index in [9.17, 15) is 0 Å². The molecule has 0 aliphatic carbocycles. The van der Waals surface area contributed by atoms with E-state index in [0.717, 1.165) is 49.9 Å². The van der Waals surface area contributed by atoms with Gasteiger partial charge in [-0.05, 0) is 61.0 Å². The summed E-state index contributed by atoms with van der Waals surface area (Å²) in [5, 5.41) is 8.54. The minimum atomic E-state index is -0.214. The maximum Gasteiger partial charge on any atom is 0.179 e. The van der Waals surface area contributed by atoms with Gasteiger partial charge in [0.1, 0.15) is 11.5 Å². The van der Waals surface area contributed by atoms with Crippen molar-refractivity contribution in [1.29, 1.82) is 0 Å². The van der Waals surface area contributed by atoms with E-state index in [-0.39, 0.29) is 6.04 Å². The molecule has 0 saturated heterocycles. The summed E-state index contributed by atoms with van der Waals surface area (Å²) < 4.78 is 14.0. The Bertz CT molecular complexity index is 1880. The summed E-state index contributed by atoms with van der Waals surface area (Å²) in [6.07, 6.45) is 0. The molecule has 2 aliphatic heterocycles. The molecule has 0 amide bonds. The molecule has 1 N–H and O–H groups in total. The van der Waals surface area contributed by atoms with E-state index in [1.165, 1.54) is 0 Å². The van der Waals surface area contributed by atoms with Crippen molar-refractivity contribution < 1.29 is 9.47 Å². The second-order valence-corrected chi connectivity index (χ2v) is 10.9. The minimum Gasteiger partial charge on any atom is -0.497 e. The van der Waals surface area contributed by atoms with Crippen molar-refractivity contribution in [2.24, 2.45) is 9.98 Å². The van der Waals surface area contributed by atoms with Crippen LogP contribution in [0.25, 0.3) is 5.69 Å². The first kappa shape index (κ1) is 26.0. The van der Waals surface area contributed by atoms with E-state index in [1.807, 2.05) is 77.5 Å². The van der Waals surface area contributed by atoms with Crippen molar-refractivity contribution in [2.75, 3.05) is 24.4 Å². The summed E-state index contributed by atoms with van der Waals surface area (Å²) >= 11 is 3.70. The number of aromatic nitrogens is 2. The van der Waals surface area contributed by atoms with Gasteiger partial charge in [-0.25, -0.2) is 14.7 Å². The second-order valence-electron chi connectivity index (χ2n) is 9.97. The monoisotopic (exact) mass is 618 g/mol. The van der Waals surface area contributed by atoms with Gasteiger partial charge in [0, 0.05) is 16.1 Å². The highest BCUT2D eigenvalue weighted by molar-refractivity contribution is 9.10. The van der Waals surface area contributed by atoms with Crippen molar-refractivity contribution >= 4 is 50.5 Å². The first-order valence-corrected chi connectivity index (χ1v) is 14.3. The molecule has 3 heterocycles. The molecule has 7 rings (SSSR count). The molecule has 0 radical (unpaired) electrons. The van der Waals surface area contributed by atoms with Crippen LogP contribution in [0.5, 0.6) is 11.5 Å². The molecule has 0 saturated carbocycles. The number of ether oxygens (including phenoxy) is 2. The van der Waals surface area contributed by atoms with Gasteiger partial charge in [-0.15, -0.1) is 0 Å². The zero-order valence-electron chi connectivity index (χ0n) is 23.2. The molecule has 2 aliphatic rings. The molecule has 8 nitrogen and oxygen atoms in total. The smallest absolute Gasteiger partial charge is 0.179 e. The van der Waals surface area contributed by atoms with Crippen LogP contribution in [0.4, 0.5) is 22.9 Å². The number of nitrogens with zero attached hydrogens (tertiary/aromatic N) is 5. The lowest BCUT2D eigenvalue weighted by molar-refractivity contribution is 0.395. The molecule has 0 spiro atoms. The molecule has 0 fully saturated rings. The lowest BCUT2D eigenvalue weighted by Crippen LogP contribution is -2.46. The largest absolute Gasteiger partial charge is 0.497 e. The number of benzene rings is 4. The van der Waals surface area contributed by atoms with Crippen LogP contribution >= 0.6 is 15.9 Å². The van der Waals surface area contributed by atoms with Gasteiger partial charge in [-0.2, -0.15) is 5.10 Å². The Morgan fingerprint density at radius 1 is 0.833 bits per heavy atom. The maximum absolute atomic E-state index is 5.70. The molecular formula is C33H27BrN6O2. The molecule has 1 atom stereocenters. The quantitative estimate of drug-likeness (QED) is 0.218. The molecule has 4 aromatic carbocycles. The minimum absolute atomic E-state index is 0.214. The van der Waals surface area contributed by atoms with Crippen LogP contribution in [0.1, 0.15) is 22.9 Å². The molecule has 9 heteroatoms. The molecule has 42 heavy (non-hydrogen) atoms. The number of aryl methyl sites for hydroxylation is 1. The highest BCUT2D eigenvalue weighted by Crippen LogP contribution is 2.48. The third kappa shape index (κ3) is 4.33. The number of hydrogen-bond donors (Lipinski definition) is 1. The third-order valence-corrected chi connectivity index (χ3v) is 7.96. The summed E-state index contributed by atoms with van der Waals surface area (Å²) in [5.74, 6) is 3.38. The van der Waals surface area contributed by atoms with Gasteiger partial charge in [0.25, 0.3) is 0 Å². The van der Waals surface area contributed by atoms with Gasteiger partial charge >= 0.3 is 0 Å². The van der Waals surface area contributed by atoms with Gasteiger partial charge < -0.3 is 19.7 Å². The van der Waals surface area contributed by atoms with Crippen LogP contribution in [0, 0.1) is 6.92 Å². The van der Waals surface area contributed by atoms with E-state index in [1.54, 1.807) is 14.2 Å². The van der Waals surface area contributed by atoms with Crippen molar-refractivity contribution in [3.63, 3.8) is 0 Å². The standard InChI is InChI=1S/C33H27BrN6O2/c1-20-29-30(21-10-9-11-22(34)18-21)39-27-15-8-7-14-25(27)35-31(36-26-17-16-24(41-2)19-28(26)42-3)33(39)37-32(29)40(38-20)23-12-5-4-6-13-23/h4-19,30H,1-3H3,(H,35,36)/t30-/m1/s1. The molecule has 1 aromatic heterocycles. The topological polar surface area (TPSA) is 76.3 Å². The van der Waals surface area contributed by atoms with Crippen LogP contribution < -0.4 is 19.7 Å². The zero-order chi connectivity index (χ0) is 28.8. The van der Waals surface area contributed by atoms with Gasteiger partial charge in [-0.1, -0.05) is 58.4 Å². The SMILES string of the molecule is COc1ccc(NC2=Nc3ccccc3N3C2=Nc2c(c(C)nn2-c2ccccc2)[C@H]3c2cccc(Br)c2)c(OC)c1. The number of halogens is 1.